The lowest BCUT2D eigenvalue weighted by molar-refractivity contribution is 0.107. The predicted octanol–water partition coefficient (Wildman–Crippen LogP) is 1.30. The minimum atomic E-state index is -3.27. The lowest BCUT2D eigenvalue weighted by atomic mass is 10.1. The molecule has 0 atom stereocenters. The standard InChI is InChI=1S/C7H14O3S/c1-7(5-3-4-6-7)10-11(2,8)9/h3-6H2,1-2H3. The molecule has 4 heteroatoms. The molecule has 66 valence electrons. The van der Waals surface area contributed by atoms with E-state index in [4.69, 9.17) is 4.18 Å². The molecule has 1 aliphatic carbocycles. The zero-order valence-electron chi connectivity index (χ0n) is 6.96. The fraction of sp³-hybridized carbons (Fsp3) is 1.00. The molecule has 0 saturated heterocycles. The monoisotopic (exact) mass is 178 g/mol. The van der Waals surface area contributed by atoms with E-state index in [1.54, 1.807) is 0 Å². The second-order valence-electron chi connectivity index (χ2n) is 3.44. The molecule has 0 heterocycles. The van der Waals surface area contributed by atoms with Crippen LogP contribution in [0.5, 0.6) is 0 Å². The van der Waals surface area contributed by atoms with Crippen LogP contribution in [0, 0.1) is 0 Å². The van der Waals surface area contributed by atoms with Crippen molar-refractivity contribution in [1.82, 2.24) is 0 Å². The summed E-state index contributed by atoms with van der Waals surface area (Å²) in [6.45, 7) is 1.86. The van der Waals surface area contributed by atoms with E-state index in [0.717, 1.165) is 31.9 Å². The van der Waals surface area contributed by atoms with E-state index in [9.17, 15) is 8.42 Å². The van der Waals surface area contributed by atoms with Crippen molar-refractivity contribution in [2.24, 2.45) is 0 Å². The van der Waals surface area contributed by atoms with Gasteiger partial charge in [-0.1, -0.05) is 12.8 Å². The average Bonchev–Trinajstić information content (AvgIpc) is 2.09. The quantitative estimate of drug-likeness (QED) is 0.598. The van der Waals surface area contributed by atoms with Gasteiger partial charge < -0.3 is 0 Å². The third-order valence-corrected chi connectivity index (χ3v) is 2.72. The summed E-state index contributed by atoms with van der Waals surface area (Å²) in [5.74, 6) is 0. The van der Waals surface area contributed by atoms with Crippen LogP contribution in [-0.2, 0) is 14.3 Å². The maximum absolute atomic E-state index is 10.8. The average molecular weight is 178 g/mol. The Bertz CT molecular complexity index is 224. The first-order chi connectivity index (χ1) is 4.91. The molecule has 0 aromatic carbocycles. The van der Waals surface area contributed by atoms with Crippen LogP contribution in [0.4, 0.5) is 0 Å². The molecule has 0 N–H and O–H groups in total. The second kappa shape index (κ2) is 2.75. The fourth-order valence-electron chi connectivity index (χ4n) is 1.57. The topological polar surface area (TPSA) is 43.4 Å². The molecule has 0 radical (unpaired) electrons. The van der Waals surface area contributed by atoms with E-state index in [2.05, 4.69) is 0 Å². The summed E-state index contributed by atoms with van der Waals surface area (Å²) in [5.41, 5.74) is -0.409. The molecular formula is C7H14O3S. The first-order valence-electron chi connectivity index (χ1n) is 3.82. The summed E-state index contributed by atoms with van der Waals surface area (Å²) in [6.07, 6.45) is 4.98. The van der Waals surface area contributed by atoms with E-state index in [-0.39, 0.29) is 0 Å². The molecule has 11 heavy (non-hydrogen) atoms. The minimum absolute atomic E-state index is 0.409. The molecule has 0 spiro atoms. The molecule has 1 rings (SSSR count). The van der Waals surface area contributed by atoms with Gasteiger partial charge >= 0.3 is 0 Å². The molecular weight excluding hydrogens is 164 g/mol. The summed E-state index contributed by atoms with van der Waals surface area (Å²) in [7, 11) is -3.27. The number of hydrogen-bond donors (Lipinski definition) is 0. The van der Waals surface area contributed by atoms with E-state index < -0.39 is 15.7 Å². The van der Waals surface area contributed by atoms with Gasteiger partial charge in [0.2, 0.25) is 0 Å². The smallest absolute Gasteiger partial charge is 0.264 e. The minimum Gasteiger partial charge on any atom is -0.264 e. The number of rotatable bonds is 2. The third kappa shape index (κ3) is 2.79. The van der Waals surface area contributed by atoms with Crippen LogP contribution in [-0.4, -0.2) is 20.3 Å². The van der Waals surface area contributed by atoms with Crippen molar-refractivity contribution in [3.63, 3.8) is 0 Å². The van der Waals surface area contributed by atoms with Crippen LogP contribution in [0.3, 0.4) is 0 Å². The Balaban J connectivity index is 2.60. The fourth-order valence-corrected chi connectivity index (χ4v) is 2.47. The van der Waals surface area contributed by atoms with Crippen LogP contribution < -0.4 is 0 Å². The van der Waals surface area contributed by atoms with Crippen LogP contribution in [0.1, 0.15) is 32.6 Å². The second-order valence-corrected chi connectivity index (χ2v) is 5.02. The molecule has 0 aromatic heterocycles. The highest BCUT2D eigenvalue weighted by Crippen LogP contribution is 2.33. The molecule has 1 fully saturated rings. The SMILES string of the molecule is CC1(OS(C)(=O)=O)CCCC1. The van der Waals surface area contributed by atoms with E-state index in [1.807, 2.05) is 6.92 Å². The van der Waals surface area contributed by atoms with Gasteiger partial charge in [-0.3, -0.25) is 4.18 Å². The van der Waals surface area contributed by atoms with Gasteiger partial charge in [-0.25, -0.2) is 0 Å². The van der Waals surface area contributed by atoms with E-state index >= 15 is 0 Å². The van der Waals surface area contributed by atoms with Crippen molar-refractivity contribution >= 4 is 10.1 Å². The summed E-state index contributed by atoms with van der Waals surface area (Å²) in [6, 6.07) is 0. The highest BCUT2D eigenvalue weighted by atomic mass is 32.2. The highest BCUT2D eigenvalue weighted by Gasteiger charge is 2.32. The molecule has 0 unspecified atom stereocenters. The van der Waals surface area contributed by atoms with Gasteiger partial charge in [0.05, 0.1) is 11.9 Å². The van der Waals surface area contributed by atoms with Crippen molar-refractivity contribution in [3.8, 4) is 0 Å². The highest BCUT2D eigenvalue weighted by molar-refractivity contribution is 7.86. The molecule has 3 nitrogen and oxygen atoms in total. The molecule has 0 aliphatic heterocycles. The van der Waals surface area contributed by atoms with Gasteiger partial charge in [-0.2, -0.15) is 8.42 Å². The largest absolute Gasteiger partial charge is 0.264 e. The molecule has 1 aliphatic rings. The summed E-state index contributed by atoms with van der Waals surface area (Å²) < 4.78 is 26.5. The Kier molecular flexibility index (Phi) is 2.25. The molecule has 0 aromatic rings. The third-order valence-electron chi connectivity index (χ3n) is 2.01. The first-order valence-corrected chi connectivity index (χ1v) is 5.64. The maximum Gasteiger partial charge on any atom is 0.264 e. The predicted molar refractivity (Wildman–Crippen MR) is 42.8 cm³/mol. The lowest BCUT2D eigenvalue weighted by Gasteiger charge is -2.21. The van der Waals surface area contributed by atoms with Crippen molar-refractivity contribution in [3.05, 3.63) is 0 Å². The normalized spacial score (nSPS) is 23.8. The Morgan fingerprint density at radius 3 is 2.09 bits per heavy atom. The zero-order valence-corrected chi connectivity index (χ0v) is 7.78. The van der Waals surface area contributed by atoms with Gasteiger partial charge in [-0.05, 0) is 19.8 Å². The van der Waals surface area contributed by atoms with Gasteiger partial charge in [0.15, 0.2) is 0 Å². The summed E-state index contributed by atoms with van der Waals surface area (Å²) in [5, 5.41) is 0. The summed E-state index contributed by atoms with van der Waals surface area (Å²) in [4.78, 5) is 0. The van der Waals surface area contributed by atoms with E-state index in [0.29, 0.717) is 0 Å². The van der Waals surface area contributed by atoms with Gasteiger partial charge in [0.1, 0.15) is 0 Å². The summed E-state index contributed by atoms with van der Waals surface area (Å²) >= 11 is 0. The maximum atomic E-state index is 10.8. The lowest BCUT2D eigenvalue weighted by Crippen LogP contribution is -2.27. The van der Waals surface area contributed by atoms with Gasteiger partial charge in [-0.15, -0.1) is 0 Å². The van der Waals surface area contributed by atoms with Crippen LogP contribution in [0.25, 0.3) is 0 Å². The Morgan fingerprint density at radius 1 is 1.27 bits per heavy atom. The van der Waals surface area contributed by atoms with Crippen LogP contribution in [0.2, 0.25) is 0 Å². The number of hydrogen-bond acceptors (Lipinski definition) is 3. The van der Waals surface area contributed by atoms with Crippen molar-refractivity contribution in [2.75, 3.05) is 6.26 Å². The first kappa shape index (κ1) is 9.00. The Morgan fingerprint density at radius 2 is 1.73 bits per heavy atom. The Hall–Kier alpha value is -0.0900. The van der Waals surface area contributed by atoms with Crippen molar-refractivity contribution < 1.29 is 12.6 Å². The molecule has 1 saturated carbocycles. The van der Waals surface area contributed by atoms with Crippen LogP contribution >= 0.6 is 0 Å². The zero-order chi connectivity index (χ0) is 8.54. The molecule has 0 amide bonds. The van der Waals surface area contributed by atoms with Gasteiger partial charge in [0, 0.05) is 0 Å². The van der Waals surface area contributed by atoms with Crippen LogP contribution in [0.15, 0.2) is 0 Å². The van der Waals surface area contributed by atoms with Crippen molar-refractivity contribution in [1.29, 1.82) is 0 Å². The molecule has 0 bridgehead atoms. The van der Waals surface area contributed by atoms with E-state index in [1.165, 1.54) is 0 Å². The Labute approximate surface area is 67.9 Å². The van der Waals surface area contributed by atoms with Gasteiger partial charge in [0.25, 0.3) is 10.1 Å². The van der Waals surface area contributed by atoms with Crippen molar-refractivity contribution in [2.45, 2.75) is 38.2 Å².